The zero-order valence-corrected chi connectivity index (χ0v) is 16.6. The van der Waals surface area contributed by atoms with Gasteiger partial charge >= 0.3 is 0 Å². The van der Waals surface area contributed by atoms with Crippen LogP contribution in [0.2, 0.25) is 0 Å². The quantitative estimate of drug-likeness (QED) is 0.763. The molecule has 2 aromatic rings. The van der Waals surface area contributed by atoms with Gasteiger partial charge in [0, 0.05) is 30.8 Å². The second kappa shape index (κ2) is 7.60. The Morgan fingerprint density at radius 2 is 1.96 bits per heavy atom. The van der Waals surface area contributed by atoms with Gasteiger partial charge in [-0.05, 0) is 37.1 Å². The fourth-order valence-electron chi connectivity index (χ4n) is 3.52. The summed E-state index contributed by atoms with van der Waals surface area (Å²) < 4.78 is 31.0. The molecule has 0 fully saturated rings. The van der Waals surface area contributed by atoms with E-state index in [9.17, 15) is 13.2 Å². The average molecular weight is 388 g/mol. The van der Waals surface area contributed by atoms with Crippen LogP contribution in [-0.4, -0.2) is 40.3 Å². The lowest BCUT2D eigenvalue weighted by molar-refractivity contribution is -0.118. The van der Waals surface area contributed by atoms with E-state index in [-0.39, 0.29) is 24.9 Å². The number of hydrogen-bond acceptors (Lipinski definition) is 4. The Bertz CT molecular complexity index is 943. The minimum Gasteiger partial charge on any atom is -0.497 e. The van der Waals surface area contributed by atoms with Crippen molar-refractivity contribution in [3.05, 3.63) is 54.1 Å². The number of methoxy groups -OCH3 is 1. The maximum Gasteiger partial charge on any atom is 0.232 e. The molecule has 0 saturated heterocycles. The molecule has 0 spiro atoms. The summed E-state index contributed by atoms with van der Waals surface area (Å²) in [6.45, 7) is 2.09. The van der Waals surface area contributed by atoms with Crippen molar-refractivity contribution in [3.63, 3.8) is 0 Å². The third-order valence-electron chi connectivity index (χ3n) is 4.75. The van der Waals surface area contributed by atoms with Crippen LogP contribution < -0.4 is 13.9 Å². The highest BCUT2D eigenvalue weighted by molar-refractivity contribution is 7.92. The predicted octanol–water partition coefficient (Wildman–Crippen LogP) is 2.83. The zero-order chi connectivity index (χ0) is 19.6. The van der Waals surface area contributed by atoms with Gasteiger partial charge in [-0.25, -0.2) is 8.42 Å². The number of sulfonamides is 1. The van der Waals surface area contributed by atoms with Gasteiger partial charge in [-0.1, -0.05) is 24.3 Å². The van der Waals surface area contributed by atoms with Gasteiger partial charge in [-0.15, -0.1) is 0 Å². The number of carbonyl (C=O) groups excluding carboxylic acids is 1. The fourth-order valence-corrected chi connectivity index (χ4v) is 4.43. The zero-order valence-electron chi connectivity index (χ0n) is 15.8. The molecule has 1 aliphatic rings. The highest BCUT2D eigenvalue weighted by atomic mass is 32.2. The second-order valence-electron chi connectivity index (χ2n) is 6.73. The summed E-state index contributed by atoms with van der Waals surface area (Å²) in [6, 6.07) is 14.7. The van der Waals surface area contributed by atoms with Crippen LogP contribution in [-0.2, 0) is 21.2 Å². The van der Waals surface area contributed by atoms with E-state index >= 15 is 0 Å². The molecule has 0 saturated carbocycles. The molecule has 6 nitrogen and oxygen atoms in total. The molecule has 0 radical (unpaired) electrons. The number of anilines is 2. The largest absolute Gasteiger partial charge is 0.497 e. The van der Waals surface area contributed by atoms with Crippen molar-refractivity contribution < 1.29 is 17.9 Å². The molecule has 27 heavy (non-hydrogen) atoms. The number of rotatable bonds is 6. The van der Waals surface area contributed by atoms with E-state index in [1.54, 1.807) is 29.2 Å². The molecule has 0 aliphatic carbocycles. The van der Waals surface area contributed by atoms with E-state index in [0.29, 0.717) is 11.4 Å². The lowest BCUT2D eigenvalue weighted by Crippen LogP contribution is -2.39. The number of hydrogen-bond donors (Lipinski definition) is 0. The smallest absolute Gasteiger partial charge is 0.232 e. The molecule has 0 aromatic heterocycles. The molecular weight excluding hydrogens is 364 g/mol. The normalized spacial score (nSPS) is 16.1. The van der Waals surface area contributed by atoms with Crippen molar-refractivity contribution in [1.82, 2.24) is 0 Å². The number of fused-ring (bicyclic) bond motifs is 1. The Morgan fingerprint density at radius 3 is 2.67 bits per heavy atom. The first-order chi connectivity index (χ1) is 12.8. The summed E-state index contributed by atoms with van der Waals surface area (Å²) in [5.41, 5.74) is 2.55. The van der Waals surface area contributed by atoms with Gasteiger partial charge in [0.15, 0.2) is 0 Å². The maximum atomic E-state index is 12.9. The fraction of sp³-hybridized carbons (Fsp3) is 0.350. The Hall–Kier alpha value is -2.54. The Morgan fingerprint density at radius 1 is 1.22 bits per heavy atom. The van der Waals surface area contributed by atoms with Gasteiger partial charge in [-0.3, -0.25) is 9.10 Å². The summed E-state index contributed by atoms with van der Waals surface area (Å²) in [5, 5.41) is 0. The van der Waals surface area contributed by atoms with Crippen LogP contribution in [0.5, 0.6) is 5.75 Å². The van der Waals surface area contributed by atoms with Crippen molar-refractivity contribution in [2.24, 2.45) is 0 Å². The lowest BCUT2D eigenvalue weighted by atomic mass is 10.1. The number of benzene rings is 2. The maximum absolute atomic E-state index is 12.9. The highest BCUT2D eigenvalue weighted by Crippen LogP contribution is 2.32. The van der Waals surface area contributed by atoms with Gasteiger partial charge in [0.05, 0.1) is 19.1 Å². The number of para-hydroxylation sites is 1. The standard InChI is InChI=1S/C20H24N2O4S/c1-15-13-16-7-4-5-10-19(16)22(15)20(23)11-12-21(27(3,24)25)17-8-6-9-18(14-17)26-2/h4-10,14-15H,11-13H2,1-3H3. The van der Waals surface area contributed by atoms with E-state index in [2.05, 4.69) is 0 Å². The molecule has 1 heterocycles. The van der Waals surface area contributed by atoms with Gasteiger partial charge in [-0.2, -0.15) is 0 Å². The molecule has 7 heteroatoms. The van der Waals surface area contributed by atoms with Crippen molar-refractivity contribution >= 4 is 27.3 Å². The molecular formula is C20H24N2O4S. The minimum atomic E-state index is -3.53. The van der Waals surface area contributed by atoms with Crippen molar-refractivity contribution in [2.75, 3.05) is 29.1 Å². The van der Waals surface area contributed by atoms with Crippen LogP contribution in [0.15, 0.2) is 48.5 Å². The van der Waals surface area contributed by atoms with Crippen LogP contribution in [0.4, 0.5) is 11.4 Å². The van der Waals surface area contributed by atoms with E-state index in [4.69, 9.17) is 4.74 Å². The monoisotopic (exact) mass is 388 g/mol. The summed E-state index contributed by atoms with van der Waals surface area (Å²) in [7, 11) is -2.00. The Kier molecular flexibility index (Phi) is 5.41. The van der Waals surface area contributed by atoms with E-state index in [1.165, 1.54) is 11.4 Å². The molecule has 1 aliphatic heterocycles. The third kappa shape index (κ3) is 4.08. The topological polar surface area (TPSA) is 66.9 Å². The summed E-state index contributed by atoms with van der Waals surface area (Å²) in [6.07, 6.45) is 2.06. The molecule has 2 aromatic carbocycles. The van der Waals surface area contributed by atoms with E-state index in [1.807, 2.05) is 31.2 Å². The van der Waals surface area contributed by atoms with Gasteiger partial charge < -0.3 is 9.64 Å². The Balaban J connectivity index is 1.79. The average Bonchev–Trinajstić information content (AvgIpc) is 2.96. The highest BCUT2D eigenvalue weighted by Gasteiger charge is 2.31. The van der Waals surface area contributed by atoms with Crippen LogP contribution in [0, 0.1) is 0 Å². The van der Waals surface area contributed by atoms with Crippen LogP contribution in [0.1, 0.15) is 18.9 Å². The van der Waals surface area contributed by atoms with Gasteiger partial charge in [0.2, 0.25) is 15.9 Å². The molecule has 0 N–H and O–H groups in total. The van der Waals surface area contributed by atoms with Crippen molar-refractivity contribution in [2.45, 2.75) is 25.8 Å². The number of nitrogens with zero attached hydrogens (tertiary/aromatic N) is 2. The molecule has 1 amide bonds. The summed E-state index contributed by atoms with van der Waals surface area (Å²) in [5.74, 6) is 0.485. The van der Waals surface area contributed by atoms with E-state index in [0.717, 1.165) is 23.9 Å². The molecule has 1 unspecified atom stereocenters. The van der Waals surface area contributed by atoms with Crippen LogP contribution in [0.25, 0.3) is 0 Å². The molecule has 3 rings (SSSR count). The van der Waals surface area contributed by atoms with Gasteiger partial charge in [0.1, 0.15) is 5.75 Å². The number of amides is 1. The second-order valence-corrected chi connectivity index (χ2v) is 8.64. The van der Waals surface area contributed by atoms with Crippen LogP contribution >= 0.6 is 0 Å². The SMILES string of the molecule is COc1cccc(N(CCC(=O)N2c3ccccc3CC2C)S(C)(=O)=O)c1. The minimum absolute atomic E-state index is 0.0680. The molecule has 0 bridgehead atoms. The molecule has 144 valence electrons. The summed E-state index contributed by atoms with van der Waals surface area (Å²) >= 11 is 0. The lowest BCUT2D eigenvalue weighted by Gasteiger charge is -2.26. The number of carbonyl (C=O) groups is 1. The van der Waals surface area contributed by atoms with Crippen molar-refractivity contribution in [3.8, 4) is 5.75 Å². The molecule has 1 atom stereocenters. The number of ether oxygens (including phenoxy) is 1. The van der Waals surface area contributed by atoms with E-state index < -0.39 is 10.0 Å². The van der Waals surface area contributed by atoms with Crippen molar-refractivity contribution in [1.29, 1.82) is 0 Å². The first-order valence-electron chi connectivity index (χ1n) is 8.83. The van der Waals surface area contributed by atoms with Gasteiger partial charge in [0.25, 0.3) is 0 Å². The Labute approximate surface area is 160 Å². The summed E-state index contributed by atoms with van der Waals surface area (Å²) in [4.78, 5) is 14.7. The first-order valence-corrected chi connectivity index (χ1v) is 10.7. The van der Waals surface area contributed by atoms with Crippen LogP contribution in [0.3, 0.4) is 0 Å². The predicted molar refractivity (Wildman–Crippen MR) is 107 cm³/mol. The third-order valence-corrected chi connectivity index (χ3v) is 5.94. The first kappa shape index (κ1) is 19.2.